The fraction of sp³-hybridized carbons (Fsp3) is 0.500. The summed E-state index contributed by atoms with van der Waals surface area (Å²) < 4.78 is 5.98. The standard InChI is InChI=1S/C18H25NO2/c1-14-12-19(17(20)10-11-18(2,3)4)13-16(21-14)15-8-6-5-7-9-15/h5-11,14,16H,12-13H2,1-4H3/b11-10+. The summed E-state index contributed by atoms with van der Waals surface area (Å²) in [6.07, 6.45) is 3.67. The summed E-state index contributed by atoms with van der Waals surface area (Å²) in [6, 6.07) is 10.1. The second kappa shape index (κ2) is 6.44. The first-order chi connectivity index (χ1) is 9.85. The number of nitrogens with zero attached hydrogens (tertiary/aromatic N) is 1. The number of allylic oxidation sites excluding steroid dienone is 1. The van der Waals surface area contributed by atoms with E-state index in [2.05, 4.69) is 32.9 Å². The smallest absolute Gasteiger partial charge is 0.246 e. The van der Waals surface area contributed by atoms with Crippen molar-refractivity contribution in [2.24, 2.45) is 5.41 Å². The van der Waals surface area contributed by atoms with Gasteiger partial charge in [0.15, 0.2) is 0 Å². The van der Waals surface area contributed by atoms with Gasteiger partial charge in [0.2, 0.25) is 5.91 Å². The molecule has 1 aromatic carbocycles. The summed E-state index contributed by atoms with van der Waals surface area (Å²) in [7, 11) is 0. The first-order valence-electron chi connectivity index (χ1n) is 7.54. The van der Waals surface area contributed by atoms with Crippen LogP contribution in [0.5, 0.6) is 0 Å². The Morgan fingerprint density at radius 2 is 1.90 bits per heavy atom. The number of hydrogen-bond acceptors (Lipinski definition) is 2. The second-order valence-corrected chi connectivity index (χ2v) is 6.79. The van der Waals surface area contributed by atoms with E-state index in [1.54, 1.807) is 6.08 Å². The predicted molar refractivity (Wildman–Crippen MR) is 84.9 cm³/mol. The average molecular weight is 287 g/mol. The van der Waals surface area contributed by atoms with Crippen molar-refractivity contribution in [1.29, 1.82) is 0 Å². The maximum atomic E-state index is 12.4. The molecule has 0 aromatic heterocycles. The van der Waals surface area contributed by atoms with E-state index in [9.17, 15) is 4.79 Å². The first-order valence-corrected chi connectivity index (χ1v) is 7.54. The first kappa shape index (κ1) is 15.8. The van der Waals surface area contributed by atoms with Gasteiger partial charge in [-0.15, -0.1) is 0 Å². The minimum Gasteiger partial charge on any atom is -0.367 e. The van der Waals surface area contributed by atoms with Crippen molar-refractivity contribution < 1.29 is 9.53 Å². The molecule has 0 saturated carbocycles. The molecular weight excluding hydrogens is 262 g/mol. The molecule has 1 fully saturated rings. The average Bonchev–Trinajstić information content (AvgIpc) is 2.44. The lowest BCUT2D eigenvalue weighted by atomic mass is 9.96. The van der Waals surface area contributed by atoms with Crippen molar-refractivity contribution in [2.45, 2.75) is 39.9 Å². The topological polar surface area (TPSA) is 29.5 Å². The molecule has 0 N–H and O–H groups in total. The summed E-state index contributed by atoms with van der Waals surface area (Å²) >= 11 is 0. The Morgan fingerprint density at radius 1 is 1.24 bits per heavy atom. The molecule has 3 nitrogen and oxygen atoms in total. The highest BCUT2D eigenvalue weighted by molar-refractivity contribution is 5.87. The van der Waals surface area contributed by atoms with E-state index in [0.29, 0.717) is 13.1 Å². The molecule has 1 aliphatic rings. The van der Waals surface area contributed by atoms with Crippen LogP contribution in [0.4, 0.5) is 0 Å². The maximum Gasteiger partial charge on any atom is 0.246 e. The summed E-state index contributed by atoms with van der Waals surface area (Å²) in [5, 5.41) is 0. The Morgan fingerprint density at radius 3 is 2.52 bits per heavy atom. The molecule has 1 saturated heterocycles. The fourth-order valence-corrected chi connectivity index (χ4v) is 2.41. The van der Waals surface area contributed by atoms with Gasteiger partial charge in [-0.05, 0) is 24.0 Å². The van der Waals surface area contributed by atoms with E-state index in [1.807, 2.05) is 36.1 Å². The molecule has 114 valence electrons. The van der Waals surface area contributed by atoms with Crippen LogP contribution in [0.3, 0.4) is 0 Å². The fourth-order valence-electron chi connectivity index (χ4n) is 2.41. The van der Waals surface area contributed by atoms with Crippen LogP contribution in [-0.4, -0.2) is 30.0 Å². The van der Waals surface area contributed by atoms with Gasteiger partial charge in [0.1, 0.15) is 6.10 Å². The van der Waals surface area contributed by atoms with E-state index in [1.165, 1.54) is 0 Å². The number of ether oxygens (including phenoxy) is 1. The number of rotatable bonds is 2. The Bertz CT molecular complexity index is 502. The maximum absolute atomic E-state index is 12.4. The highest BCUT2D eigenvalue weighted by Gasteiger charge is 2.28. The number of benzene rings is 1. The summed E-state index contributed by atoms with van der Waals surface area (Å²) in [5.41, 5.74) is 1.15. The van der Waals surface area contributed by atoms with Gasteiger partial charge in [0.25, 0.3) is 0 Å². The third-order valence-electron chi connectivity index (χ3n) is 3.47. The third kappa shape index (κ3) is 4.71. The Balaban J connectivity index is 2.07. The summed E-state index contributed by atoms with van der Waals surface area (Å²) in [4.78, 5) is 14.2. The van der Waals surface area contributed by atoms with Crippen LogP contribution >= 0.6 is 0 Å². The van der Waals surface area contributed by atoms with Crippen LogP contribution in [0, 0.1) is 5.41 Å². The normalized spacial score (nSPS) is 23.5. The number of amides is 1. The zero-order valence-corrected chi connectivity index (χ0v) is 13.4. The van der Waals surface area contributed by atoms with E-state index < -0.39 is 0 Å². The molecule has 2 atom stereocenters. The molecule has 1 aliphatic heterocycles. The van der Waals surface area contributed by atoms with Crippen molar-refractivity contribution in [2.75, 3.05) is 13.1 Å². The van der Waals surface area contributed by atoms with Crippen molar-refractivity contribution in [3.8, 4) is 0 Å². The van der Waals surface area contributed by atoms with E-state index in [-0.39, 0.29) is 23.5 Å². The van der Waals surface area contributed by atoms with Gasteiger partial charge in [0, 0.05) is 6.54 Å². The van der Waals surface area contributed by atoms with Gasteiger partial charge in [-0.3, -0.25) is 4.79 Å². The van der Waals surface area contributed by atoms with Gasteiger partial charge < -0.3 is 9.64 Å². The molecule has 21 heavy (non-hydrogen) atoms. The van der Waals surface area contributed by atoms with Crippen molar-refractivity contribution in [1.82, 2.24) is 4.90 Å². The Hall–Kier alpha value is -1.61. The van der Waals surface area contributed by atoms with Crippen molar-refractivity contribution in [3.63, 3.8) is 0 Å². The van der Waals surface area contributed by atoms with E-state index in [4.69, 9.17) is 4.74 Å². The van der Waals surface area contributed by atoms with Crippen LogP contribution < -0.4 is 0 Å². The molecule has 1 amide bonds. The Labute approximate surface area is 127 Å². The SMILES string of the molecule is CC1CN(C(=O)/C=C/C(C)(C)C)CC(c2ccccc2)O1. The van der Waals surface area contributed by atoms with Crippen LogP contribution in [0.2, 0.25) is 0 Å². The van der Waals surface area contributed by atoms with Gasteiger partial charge in [-0.25, -0.2) is 0 Å². The molecule has 0 aliphatic carbocycles. The summed E-state index contributed by atoms with van der Waals surface area (Å²) in [5.74, 6) is 0.0704. The lowest BCUT2D eigenvalue weighted by Gasteiger charge is -2.36. The third-order valence-corrected chi connectivity index (χ3v) is 3.47. The van der Waals surface area contributed by atoms with Crippen LogP contribution in [0.15, 0.2) is 42.5 Å². The number of morpholine rings is 1. The largest absolute Gasteiger partial charge is 0.367 e. The molecule has 0 radical (unpaired) electrons. The van der Waals surface area contributed by atoms with Gasteiger partial charge in [-0.1, -0.05) is 57.2 Å². The predicted octanol–water partition coefficient (Wildman–Crippen LogP) is 3.58. The molecular formula is C18H25NO2. The van der Waals surface area contributed by atoms with Gasteiger partial charge in [0.05, 0.1) is 12.6 Å². The van der Waals surface area contributed by atoms with E-state index in [0.717, 1.165) is 5.56 Å². The summed E-state index contributed by atoms with van der Waals surface area (Å²) in [6.45, 7) is 9.55. The number of carbonyl (C=O) groups excluding carboxylic acids is 1. The molecule has 2 rings (SSSR count). The van der Waals surface area contributed by atoms with Crippen LogP contribution in [0.1, 0.15) is 39.4 Å². The molecule has 0 bridgehead atoms. The highest BCUT2D eigenvalue weighted by Crippen LogP contribution is 2.25. The number of carbonyl (C=O) groups is 1. The molecule has 1 heterocycles. The lowest BCUT2D eigenvalue weighted by molar-refractivity contribution is -0.139. The lowest BCUT2D eigenvalue weighted by Crippen LogP contribution is -2.45. The van der Waals surface area contributed by atoms with Gasteiger partial charge >= 0.3 is 0 Å². The van der Waals surface area contributed by atoms with Crippen molar-refractivity contribution >= 4 is 5.91 Å². The monoisotopic (exact) mass is 287 g/mol. The number of hydrogen-bond donors (Lipinski definition) is 0. The molecule has 3 heteroatoms. The zero-order valence-electron chi connectivity index (χ0n) is 13.4. The van der Waals surface area contributed by atoms with Crippen LogP contribution in [-0.2, 0) is 9.53 Å². The van der Waals surface area contributed by atoms with Crippen molar-refractivity contribution in [3.05, 3.63) is 48.0 Å². The molecule has 2 unspecified atom stereocenters. The molecule has 1 aromatic rings. The quantitative estimate of drug-likeness (QED) is 0.778. The minimum absolute atomic E-state index is 0.0202. The van der Waals surface area contributed by atoms with Crippen LogP contribution in [0.25, 0.3) is 0 Å². The minimum atomic E-state index is -0.0399. The van der Waals surface area contributed by atoms with Gasteiger partial charge in [-0.2, -0.15) is 0 Å². The Kier molecular flexibility index (Phi) is 4.84. The zero-order chi connectivity index (χ0) is 15.5. The van der Waals surface area contributed by atoms with E-state index >= 15 is 0 Å². The molecule has 0 spiro atoms. The highest BCUT2D eigenvalue weighted by atomic mass is 16.5. The second-order valence-electron chi connectivity index (χ2n) is 6.79.